The lowest BCUT2D eigenvalue weighted by Crippen LogP contribution is -2.19. The normalized spacial score (nSPS) is 21.1. The molecule has 4 heteroatoms. The summed E-state index contributed by atoms with van der Waals surface area (Å²) in [6, 6.07) is 6.72. The fourth-order valence-corrected chi connectivity index (χ4v) is 2.61. The molecule has 4 nitrogen and oxygen atoms in total. The molecule has 18 heavy (non-hydrogen) atoms. The summed E-state index contributed by atoms with van der Waals surface area (Å²) >= 11 is 0. The molecule has 0 spiro atoms. The number of rotatable bonds is 3. The molecular formula is C14H18N4. The molecule has 2 aromatic rings. The molecule has 1 fully saturated rings. The molecule has 1 N–H and O–H groups in total. The molecule has 94 valence electrons. The van der Waals surface area contributed by atoms with E-state index in [2.05, 4.69) is 32.8 Å². The van der Waals surface area contributed by atoms with Crippen LogP contribution in [0.25, 0.3) is 0 Å². The van der Waals surface area contributed by atoms with Gasteiger partial charge >= 0.3 is 0 Å². The second-order valence-corrected chi connectivity index (χ2v) is 4.81. The second kappa shape index (κ2) is 4.90. The number of hydrogen-bond donors (Lipinski definition) is 1. The van der Waals surface area contributed by atoms with E-state index >= 15 is 0 Å². The Kier molecular flexibility index (Phi) is 3.11. The van der Waals surface area contributed by atoms with Crippen molar-refractivity contribution >= 4 is 0 Å². The zero-order chi connectivity index (χ0) is 12.4. The van der Waals surface area contributed by atoms with Crippen molar-refractivity contribution in [2.24, 2.45) is 0 Å². The van der Waals surface area contributed by atoms with Crippen molar-refractivity contribution < 1.29 is 0 Å². The first-order chi connectivity index (χ1) is 8.86. The van der Waals surface area contributed by atoms with Crippen molar-refractivity contribution in [3.05, 3.63) is 48.3 Å². The maximum Gasteiger partial charge on any atom is 0.0954 e. The van der Waals surface area contributed by atoms with E-state index in [9.17, 15) is 0 Å². The topological polar surface area (TPSA) is 42.7 Å². The van der Waals surface area contributed by atoms with Crippen LogP contribution in [0, 0.1) is 0 Å². The summed E-state index contributed by atoms with van der Waals surface area (Å²) in [6.07, 6.45) is 8.17. The summed E-state index contributed by atoms with van der Waals surface area (Å²) in [4.78, 5) is 8.74. The van der Waals surface area contributed by atoms with Crippen molar-refractivity contribution in [1.29, 1.82) is 0 Å². The minimum atomic E-state index is 0.228. The van der Waals surface area contributed by atoms with Crippen LogP contribution in [0.1, 0.15) is 43.2 Å². The Labute approximate surface area is 107 Å². The molecule has 0 aromatic carbocycles. The molecule has 1 unspecified atom stereocenters. The van der Waals surface area contributed by atoms with Crippen LogP contribution < -0.4 is 5.32 Å². The van der Waals surface area contributed by atoms with E-state index in [1.807, 2.05) is 30.9 Å². The zero-order valence-corrected chi connectivity index (χ0v) is 10.6. The van der Waals surface area contributed by atoms with Gasteiger partial charge in [0.1, 0.15) is 0 Å². The number of pyridine rings is 1. The highest BCUT2D eigenvalue weighted by molar-refractivity contribution is 5.15. The molecule has 1 aliphatic heterocycles. The molecule has 0 aliphatic carbocycles. The first kappa shape index (κ1) is 11.4. The van der Waals surface area contributed by atoms with E-state index in [-0.39, 0.29) is 6.04 Å². The summed E-state index contributed by atoms with van der Waals surface area (Å²) in [6.45, 7) is 3.27. The van der Waals surface area contributed by atoms with E-state index < -0.39 is 0 Å². The molecule has 3 rings (SSSR count). The Morgan fingerprint density at radius 1 is 1.44 bits per heavy atom. The highest BCUT2D eigenvalue weighted by atomic mass is 15.1. The van der Waals surface area contributed by atoms with Crippen LogP contribution in [-0.2, 0) is 0 Å². The molecular weight excluding hydrogens is 224 g/mol. The van der Waals surface area contributed by atoms with E-state index in [1.165, 1.54) is 18.5 Å². The van der Waals surface area contributed by atoms with Gasteiger partial charge < -0.3 is 9.88 Å². The predicted molar refractivity (Wildman–Crippen MR) is 70.3 cm³/mol. The summed E-state index contributed by atoms with van der Waals surface area (Å²) in [7, 11) is 0. The molecule has 3 heterocycles. The van der Waals surface area contributed by atoms with Crippen molar-refractivity contribution in [2.75, 3.05) is 6.54 Å². The van der Waals surface area contributed by atoms with Gasteiger partial charge in [0.2, 0.25) is 0 Å². The van der Waals surface area contributed by atoms with Gasteiger partial charge in [-0.15, -0.1) is 0 Å². The molecule has 1 saturated heterocycles. The van der Waals surface area contributed by atoms with E-state index in [1.54, 1.807) is 0 Å². The third kappa shape index (κ3) is 2.04. The van der Waals surface area contributed by atoms with E-state index in [0.717, 1.165) is 12.2 Å². The van der Waals surface area contributed by atoms with Gasteiger partial charge in [0.05, 0.1) is 23.8 Å². The van der Waals surface area contributed by atoms with Crippen molar-refractivity contribution in [2.45, 2.75) is 31.8 Å². The zero-order valence-electron chi connectivity index (χ0n) is 10.6. The average Bonchev–Trinajstić information content (AvgIpc) is 3.09. The van der Waals surface area contributed by atoms with Crippen molar-refractivity contribution in [1.82, 2.24) is 19.9 Å². The number of imidazole rings is 1. The minimum Gasteiger partial charge on any atom is -0.324 e. The van der Waals surface area contributed by atoms with E-state index in [0.29, 0.717) is 6.04 Å². The first-order valence-corrected chi connectivity index (χ1v) is 6.52. The molecule has 0 amide bonds. The highest BCUT2D eigenvalue weighted by Gasteiger charge is 2.22. The van der Waals surface area contributed by atoms with Gasteiger partial charge in [-0.2, -0.15) is 0 Å². The Morgan fingerprint density at radius 3 is 3.11 bits per heavy atom. The number of nitrogens with one attached hydrogen (secondary N) is 1. The molecule has 1 aliphatic rings. The smallest absolute Gasteiger partial charge is 0.0954 e. The van der Waals surface area contributed by atoms with Crippen LogP contribution >= 0.6 is 0 Å². The Morgan fingerprint density at radius 2 is 2.39 bits per heavy atom. The SMILES string of the molecule is CC(c1ccccn1)n1cncc1[C@@H]1CCCN1. The van der Waals surface area contributed by atoms with Crippen LogP contribution in [0.2, 0.25) is 0 Å². The van der Waals surface area contributed by atoms with Gasteiger partial charge in [-0.25, -0.2) is 4.98 Å². The monoisotopic (exact) mass is 242 g/mol. The van der Waals surface area contributed by atoms with Crippen LogP contribution in [0.5, 0.6) is 0 Å². The maximum atomic E-state index is 4.43. The molecule has 2 aromatic heterocycles. The van der Waals surface area contributed by atoms with Gasteiger partial charge in [-0.1, -0.05) is 6.07 Å². The largest absolute Gasteiger partial charge is 0.324 e. The second-order valence-electron chi connectivity index (χ2n) is 4.81. The van der Waals surface area contributed by atoms with Gasteiger partial charge in [-0.3, -0.25) is 4.98 Å². The third-order valence-corrected chi connectivity index (χ3v) is 3.65. The number of hydrogen-bond acceptors (Lipinski definition) is 3. The van der Waals surface area contributed by atoms with Gasteiger partial charge in [-0.05, 0) is 38.4 Å². The summed E-state index contributed by atoms with van der Waals surface area (Å²) < 4.78 is 2.23. The van der Waals surface area contributed by atoms with Crippen molar-refractivity contribution in [3.8, 4) is 0 Å². The molecule has 0 saturated carbocycles. The Bertz CT molecular complexity index is 500. The average molecular weight is 242 g/mol. The Hall–Kier alpha value is -1.68. The van der Waals surface area contributed by atoms with E-state index in [4.69, 9.17) is 0 Å². The predicted octanol–water partition coefficient (Wildman–Crippen LogP) is 2.31. The minimum absolute atomic E-state index is 0.228. The lowest BCUT2D eigenvalue weighted by Gasteiger charge is -2.19. The lowest BCUT2D eigenvalue weighted by atomic mass is 10.1. The van der Waals surface area contributed by atoms with Gasteiger partial charge in [0.15, 0.2) is 0 Å². The van der Waals surface area contributed by atoms with Crippen LogP contribution in [0.3, 0.4) is 0 Å². The summed E-state index contributed by atoms with van der Waals surface area (Å²) in [5.74, 6) is 0. The van der Waals surface area contributed by atoms with Gasteiger partial charge in [0.25, 0.3) is 0 Å². The Balaban J connectivity index is 1.90. The van der Waals surface area contributed by atoms with Crippen LogP contribution in [0.4, 0.5) is 0 Å². The van der Waals surface area contributed by atoms with Crippen molar-refractivity contribution in [3.63, 3.8) is 0 Å². The summed E-state index contributed by atoms with van der Waals surface area (Å²) in [5.41, 5.74) is 2.35. The highest BCUT2D eigenvalue weighted by Crippen LogP contribution is 2.26. The third-order valence-electron chi connectivity index (χ3n) is 3.65. The van der Waals surface area contributed by atoms with Crippen LogP contribution in [-0.4, -0.2) is 21.1 Å². The fourth-order valence-electron chi connectivity index (χ4n) is 2.61. The molecule has 2 atom stereocenters. The standard InChI is InChI=1S/C14H18N4/c1-11(12-5-2-3-7-16-12)18-10-15-9-14(18)13-6-4-8-17-13/h2-3,5,7,9-11,13,17H,4,6,8H2,1H3/t11?,13-/m0/s1. The first-order valence-electron chi connectivity index (χ1n) is 6.52. The lowest BCUT2D eigenvalue weighted by molar-refractivity contribution is 0.531. The quantitative estimate of drug-likeness (QED) is 0.898. The van der Waals surface area contributed by atoms with Gasteiger partial charge in [0, 0.05) is 18.4 Å². The number of nitrogens with zero attached hydrogens (tertiary/aromatic N) is 3. The number of aromatic nitrogens is 3. The molecule has 0 bridgehead atoms. The summed E-state index contributed by atoms with van der Waals surface area (Å²) in [5, 5.41) is 3.52. The maximum absolute atomic E-state index is 4.43. The fraction of sp³-hybridized carbons (Fsp3) is 0.429. The van der Waals surface area contributed by atoms with Crippen LogP contribution in [0.15, 0.2) is 36.9 Å². The molecule has 0 radical (unpaired) electrons.